The van der Waals surface area contributed by atoms with Crippen molar-refractivity contribution >= 4 is 28.7 Å². The Kier molecular flexibility index (Phi) is 3.86. The van der Waals surface area contributed by atoms with Crippen molar-refractivity contribution in [3.05, 3.63) is 11.0 Å². The molecule has 6 nitrogen and oxygen atoms in total. The van der Waals surface area contributed by atoms with Crippen LogP contribution in [0.1, 0.15) is 6.92 Å². The van der Waals surface area contributed by atoms with Crippen LogP contribution in [0.25, 0.3) is 10.7 Å². The van der Waals surface area contributed by atoms with Crippen LogP contribution >= 0.6 is 23.6 Å². The summed E-state index contributed by atoms with van der Waals surface area (Å²) in [6.07, 6.45) is 1.89. The van der Waals surface area contributed by atoms with Gasteiger partial charge in [-0.2, -0.15) is 5.10 Å². The highest BCUT2D eigenvalue weighted by Crippen LogP contribution is 2.30. The molecule has 1 fully saturated rings. The standard InChI is InChI=1S/C12H18N6S2/c1-3-17-4-6-18(7-5-17)12-13-8-9(20-12)10-14-15-11(19)16(10)2/h8H,3-7H2,1-2H3,(H,15,19). The fraction of sp³-hybridized carbons (Fsp3) is 0.583. The quantitative estimate of drug-likeness (QED) is 0.875. The van der Waals surface area contributed by atoms with E-state index in [-0.39, 0.29) is 0 Å². The molecule has 0 saturated carbocycles. The molecule has 0 radical (unpaired) electrons. The van der Waals surface area contributed by atoms with Crippen LogP contribution in [0.2, 0.25) is 0 Å². The van der Waals surface area contributed by atoms with Crippen LogP contribution in [0, 0.1) is 4.77 Å². The molecule has 2 aromatic rings. The molecule has 1 N–H and O–H groups in total. The van der Waals surface area contributed by atoms with E-state index in [2.05, 4.69) is 31.9 Å². The Hall–Kier alpha value is -1.25. The van der Waals surface area contributed by atoms with Gasteiger partial charge >= 0.3 is 0 Å². The zero-order valence-electron chi connectivity index (χ0n) is 11.7. The number of piperazine rings is 1. The number of aromatic amines is 1. The molecular formula is C12H18N6S2. The van der Waals surface area contributed by atoms with E-state index in [0.29, 0.717) is 4.77 Å². The van der Waals surface area contributed by atoms with Gasteiger partial charge in [-0.05, 0) is 18.8 Å². The topological polar surface area (TPSA) is 53.0 Å². The molecule has 2 aromatic heterocycles. The molecule has 3 heterocycles. The minimum absolute atomic E-state index is 0.631. The summed E-state index contributed by atoms with van der Waals surface area (Å²) >= 11 is 6.82. The van der Waals surface area contributed by atoms with Crippen molar-refractivity contribution in [1.82, 2.24) is 24.6 Å². The highest BCUT2D eigenvalue weighted by Gasteiger charge is 2.19. The van der Waals surface area contributed by atoms with E-state index in [1.165, 1.54) is 0 Å². The minimum atomic E-state index is 0.631. The molecule has 0 aromatic carbocycles. The summed E-state index contributed by atoms with van der Waals surface area (Å²) in [4.78, 5) is 10.4. The SMILES string of the molecule is CCN1CCN(c2ncc(-c3n[nH]c(=S)n3C)s2)CC1. The van der Waals surface area contributed by atoms with E-state index < -0.39 is 0 Å². The van der Waals surface area contributed by atoms with Crippen LogP contribution in [0.4, 0.5) is 5.13 Å². The summed E-state index contributed by atoms with van der Waals surface area (Å²) < 4.78 is 2.51. The van der Waals surface area contributed by atoms with Crippen molar-refractivity contribution in [2.24, 2.45) is 7.05 Å². The average molecular weight is 310 g/mol. The summed E-state index contributed by atoms with van der Waals surface area (Å²) in [5.74, 6) is 0.853. The Labute approximate surface area is 127 Å². The van der Waals surface area contributed by atoms with Gasteiger partial charge in [-0.15, -0.1) is 0 Å². The summed E-state index contributed by atoms with van der Waals surface area (Å²) in [7, 11) is 1.92. The zero-order chi connectivity index (χ0) is 14.1. The summed E-state index contributed by atoms with van der Waals surface area (Å²) in [6.45, 7) is 7.64. The monoisotopic (exact) mass is 310 g/mol. The number of H-pyrrole nitrogens is 1. The Morgan fingerprint density at radius 2 is 2.10 bits per heavy atom. The third-order valence-electron chi connectivity index (χ3n) is 3.68. The fourth-order valence-corrected chi connectivity index (χ4v) is 3.46. The van der Waals surface area contributed by atoms with Crippen molar-refractivity contribution in [3.63, 3.8) is 0 Å². The first-order chi connectivity index (χ1) is 9.69. The van der Waals surface area contributed by atoms with Crippen molar-refractivity contribution in [2.75, 3.05) is 37.6 Å². The van der Waals surface area contributed by atoms with Crippen molar-refractivity contribution < 1.29 is 0 Å². The molecule has 108 valence electrons. The molecule has 0 aliphatic carbocycles. The van der Waals surface area contributed by atoms with E-state index >= 15 is 0 Å². The van der Waals surface area contributed by atoms with E-state index in [4.69, 9.17) is 12.2 Å². The zero-order valence-corrected chi connectivity index (χ0v) is 13.3. The van der Waals surface area contributed by atoms with Gasteiger partial charge < -0.3 is 14.4 Å². The second-order valence-electron chi connectivity index (χ2n) is 4.84. The van der Waals surface area contributed by atoms with Crippen molar-refractivity contribution in [2.45, 2.75) is 6.92 Å². The van der Waals surface area contributed by atoms with Gasteiger partial charge in [0.1, 0.15) is 0 Å². The van der Waals surface area contributed by atoms with Crippen molar-refractivity contribution in [1.29, 1.82) is 0 Å². The minimum Gasteiger partial charge on any atom is -0.346 e. The van der Waals surface area contributed by atoms with Gasteiger partial charge in [0.15, 0.2) is 15.7 Å². The lowest BCUT2D eigenvalue weighted by Crippen LogP contribution is -2.46. The second kappa shape index (κ2) is 5.63. The number of anilines is 1. The lowest BCUT2D eigenvalue weighted by molar-refractivity contribution is 0.271. The highest BCUT2D eigenvalue weighted by molar-refractivity contribution is 7.71. The van der Waals surface area contributed by atoms with E-state index in [1.54, 1.807) is 11.3 Å². The lowest BCUT2D eigenvalue weighted by Gasteiger charge is -2.33. The predicted molar refractivity (Wildman–Crippen MR) is 83.8 cm³/mol. The molecule has 0 amide bonds. The maximum Gasteiger partial charge on any atom is 0.195 e. The lowest BCUT2D eigenvalue weighted by atomic mass is 10.3. The smallest absolute Gasteiger partial charge is 0.195 e. The largest absolute Gasteiger partial charge is 0.346 e. The Bertz CT molecular complexity index is 634. The first-order valence-electron chi connectivity index (χ1n) is 6.74. The predicted octanol–water partition coefficient (Wildman–Crippen LogP) is 1.74. The number of thiazole rings is 1. The number of rotatable bonds is 3. The molecular weight excluding hydrogens is 292 g/mol. The molecule has 1 saturated heterocycles. The molecule has 8 heteroatoms. The van der Waals surface area contributed by atoms with Gasteiger partial charge in [-0.25, -0.2) is 4.98 Å². The first-order valence-corrected chi connectivity index (χ1v) is 7.96. The first kappa shape index (κ1) is 13.7. The third-order valence-corrected chi connectivity index (χ3v) is 5.10. The molecule has 1 aliphatic heterocycles. The van der Waals surface area contributed by atoms with Crippen LogP contribution in [-0.2, 0) is 7.05 Å². The van der Waals surface area contributed by atoms with E-state index in [0.717, 1.165) is 48.6 Å². The third kappa shape index (κ3) is 2.50. The molecule has 0 bridgehead atoms. The Balaban J connectivity index is 1.78. The number of nitrogens with one attached hydrogen (secondary N) is 1. The summed E-state index contributed by atoms with van der Waals surface area (Å²) in [6, 6.07) is 0. The van der Waals surface area contributed by atoms with Gasteiger partial charge in [-0.3, -0.25) is 5.10 Å². The number of nitrogens with zero attached hydrogens (tertiary/aromatic N) is 5. The van der Waals surface area contributed by atoms with Gasteiger partial charge in [0.05, 0.1) is 11.1 Å². The van der Waals surface area contributed by atoms with Gasteiger partial charge in [0.2, 0.25) is 0 Å². The van der Waals surface area contributed by atoms with Crippen LogP contribution < -0.4 is 4.90 Å². The van der Waals surface area contributed by atoms with Gasteiger partial charge in [0.25, 0.3) is 0 Å². The molecule has 0 unspecified atom stereocenters. The van der Waals surface area contributed by atoms with E-state index in [1.807, 2.05) is 17.8 Å². The van der Waals surface area contributed by atoms with Gasteiger partial charge in [-0.1, -0.05) is 18.3 Å². The van der Waals surface area contributed by atoms with E-state index in [9.17, 15) is 0 Å². The number of likely N-dealkylation sites (N-methyl/N-ethyl adjacent to an activating group) is 1. The maximum atomic E-state index is 5.15. The second-order valence-corrected chi connectivity index (χ2v) is 6.24. The Morgan fingerprint density at radius 1 is 1.35 bits per heavy atom. The maximum absolute atomic E-state index is 5.15. The number of hydrogen-bond donors (Lipinski definition) is 1. The number of aromatic nitrogens is 4. The average Bonchev–Trinajstić information content (AvgIpc) is 3.08. The normalized spacial score (nSPS) is 16.8. The molecule has 0 atom stereocenters. The molecule has 1 aliphatic rings. The highest BCUT2D eigenvalue weighted by atomic mass is 32.1. The van der Waals surface area contributed by atoms with Crippen LogP contribution in [0.5, 0.6) is 0 Å². The van der Waals surface area contributed by atoms with Gasteiger partial charge in [0, 0.05) is 33.2 Å². The summed E-state index contributed by atoms with van der Waals surface area (Å²) in [5.41, 5.74) is 0. The molecule has 3 rings (SSSR count). The van der Waals surface area contributed by atoms with Crippen LogP contribution in [0.15, 0.2) is 6.20 Å². The van der Waals surface area contributed by atoms with Crippen LogP contribution in [-0.4, -0.2) is 57.4 Å². The van der Waals surface area contributed by atoms with Crippen LogP contribution in [0.3, 0.4) is 0 Å². The van der Waals surface area contributed by atoms with Crippen molar-refractivity contribution in [3.8, 4) is 10.7 Å². The summed E-state index contributed by atoms with van der Waals surface area (Å²) in [5, 5.41) is 8.14. The molecule has 0 spiro atoms. The molecule has 20 heavy (non-hydrogen) atoms. The number of hydrogen-bond acceptors (Lipinski definition) is 6. The Morgan fingerprint density at radius 3 is 2.70 bits per heavy atom. The fourth-order valence-electron chi connectivity index (χ4n) is 2.34.